The van der Waals surface area contributed by atoms with Crippen molar-refractivity contribution in [2.45, 2.75) is 18.9 Å². The van der Waals surface area contributed by atoms with Gasteiger partial charge in [-0.15, -0.1) is 0 Å². The first-order chi connectivity index (χ1) is 17.2. The van der Waals surface area contributed by atoms with Crippen molar-refractivity contribution in [1.29, 1.82) is 0 Å². The van der Waals surface area contributed by atoms with Crippen LogP contribution in [-0.2, 0) is 15.1 Å². The summed E-state index contributed by atoms with van der Waals surface area (Å²) in [6, 6.07) is 39.1. The average Bonchev–Trinajstić information content (AvgIpc) is 2.92. The maximum absolute atomic E-state index is 12.8. The maximum Gasteiger partial charge on any atom is 0.355 e. The number of ether oxygens (including phenoxy) is 1. The van der Waals surface area contributed by atoms with Crippen LogP contribution >= 0.6 is 0 Å². The Kier molecular flexibility index (Phi) is 7.63. The predicted molar refractivity (Wildman–Crippen MR) is 140 cm³/mol. The van der Waals surface area contributed by atoms with Crippen LogP contribution in [-0.4, -0.2) is 17.7 Å². The molecule has 0 aromatic heterocycles. The van der Waals surface area contributed by atoms with Crippen LogP contribution in [0.2, 0.25) is 0 Å². The Bertz CT molecular complexity index is 1160. The van der Waals surface area contributed by atoms with Crippen molar-refractivity contribution < 1.29 is 14.6 Å². The van der Waals surface area contributed by atoms with E-state index in [0.717, 1.165) is 23.1 Å². The molecule has 0 unspecified atom stereocenters. The molecule has 4 rings (SSSR count). The Hall–Kier alpha value is -4.31. The highest BCUT2D eigenvalue weighted by molar-refractivity contribution is 5.94. The van der Waals surface area contributed by atoms with Crippen molar-refractivity contribution in [3.63, 3.8) is 0 Å². The van der Waals surface area contributed by atoms with E-state index in [1.165, 1.54) is 0 Å². The number of rotatable bonds is 10. The summed E-state index contributed by atoms with van der Waals surface area (Å²) in [6.07, 6.45) is 0.754. The Labute approximate surface area is 206 Å². The second-order valence-electron chi connectivity index (χ2n) is 8.20. The van der Waals surface area contributed by atoms with Gasteiger partial charge in [-0.3, -0.25) is 0 Å². The fraction of sp³-hybridized carbons (Fsp3) is 0.129. The van der Waals surface area contributed by atoms with Crippen molar-refractivity contribution >= 4 is 11.7 Å². The number of nitrogens with one attached hydrogen (secondary N) is 1. The van der Waals surface area contributed by atoms with E-state index in [9.17, 15) is 9.90 Å². The van der Waals surface area contributed by atoms with Crippen LogP contribution in [0.5, 0.6) is 0 Å². The smallest absolute Gasteiger partial charge is 0.355 e. The Morgan fingerprint density at radius 2 is 1.11 bits per heavy atom. The first-order valence-corrected chi connectivity index (χ1v) is 11.8. The Morgan fingerprint density at radius 1 is 0.714 bits per heavy atom. The van der Waals surface area contributed by atoms with Crippen molar-refractivity contribution in [3.05, 3.63) is 149 Å². The summed E-state index contributed by atoms with van der Waals surface area (Å²) in [4.78, 5) is 12.8. The summed E-state index contributed by atoms with van der Waals surface area (Å²) in [6.45, 7) is 2.40. The number of carboxylic acids is 1. The van der Waals surface area contributed by atoms with Crippen molar-refractivity contribution in [2.75, 3.05) is 6.61 Å². The summed E-state index contributed by atoms with van der Waals surface area (Å²) < 4.78 is 6.09. The molecule has 0 saturated carbocycles. The lowest BCUT2D eigenvalue weighted by Gasteiger charge is -2.38. The van der Waals surface area contributed by atoms with Crippen molar-refractivity contribution in [3.8, 4) is 0 Å². The zero-order valence-corrected chi connectivity index (χ0v) is 19.7. The van der Waals surface area contributed by atoms with Crippen LogP contribution in [0, 0.1) is 0 Å². The fourth-order valence-electron chi connectivity index (χ4n) is 4.27. The second-order valence-corrected chi connectivity index (χ2v) is 8.20. The molecule has 4 heteroatoms. The van der Waals surface area contributed by atoms with Gasteiger partial charge in [-0.25, -0.2) is 4.79 Å². The normalized spacial score (nSPS) is 11.9. The molecule has 0 radical (unpaired) electrons. The molecule has 0 amide bonds. The Morgan fingerprint density at radius 3 is 1.49 bits per heavy atom. The first-order valence-electron chi connectivity index (χ1n) is 11.8. The topological polar surface area (TPSA) is 58.6 Å². The Balaban J connectivity index is 2.03. The lowest BCUT2D eigenvalue weighted by molar-refractivity contribution is -0.133. The molecule has 4 aromatic carbocycles. The summed E-state index contributed by atoms with van der Waals surface area (Å²) >= 11 is 0. The third-order valence-electron chi connectivity index (χ3n) is 5.86. The maximum atomic E-state index is 12.8. The molecule has 176 valence electrons. The molecule has 2 N–H and O–H groups in total. The van der Waals surface area contributed by atoms with E-state index in [4.69, 9.17) is 4.74 Å². The molecule has 0 aliphatic heterocycles. The monoisotopic (exact) mass is 463 g/mol. The van der Waals surface area contributed by atoms with Crippen LogP contribution in [0.25, 0.3) is 5.76 Å². The summed E-state index contributed by atoms with van der Waals surface area (Å²) in [5.74, 6) is -0.778. The molecule has 4 aromatic rings. The van der Waals surface area contributed by atoms with Gasteiger partial charge in [0.05, 0.1) is 6.61 Å². The van der Waals surface area contributed by atoms with E-state index in [0.29, 0.717) is 17.9 Å². The number of aliphatic carboxylic acids is 1. The predicted octanol–water partition coefficient (Wildman–Crippen LogP) is 6.45. The van der Waals surface area contributed by atoms with Gasteiger partial charge in [0.2, 0.25) is 0 Å². The van der Waals surface area contributed by atoms with Gasteiger partial charge in [0.25, 0.3) is 0 Å². The quantitative estimate of drug-likeness (QED) is 0.161. The lowest BCUT2D eigenvalue weighted by Crippen LogP contribution is -2.46. The summed E-state index contributed by atoms with van der Waals surface area (Å²) in [5.41, 5.74) is 2.47. The van der Waals surface area contributed by atoms with E-state index in [1.807, 2.05) is 128 Å². The standard InChI is InChI=1S/C31H29NO3/c1-2-23-35-29(24-15-7-3-8-16-24)28(30(33)34)32-31(25-17-9-4-10-18-25,26-19-11-5-12-20-26)27-21-13-6-14-22-27/h3-22,32H,2,23H2,1H3,(H,33,34)/b29-28+. The summed E-state index contributed by atoms with van der Waals surface area (Å²) in [5, 5.41) is 14.0. The minimum absolute atomic E-state index is 0.00112. The molecule has 0 spiro atoms. The highest BCUT2D eigenvalue weighted by atomic mass is 16.5. The van der Waals surface area contributed by atoms with Gasteiger partial charge in [0.15, 0.2) is 11.5 Å². The molecule has 4 nitrogen and oxygen atoms in total. The van der Waals surface area contributed by atoms with Crippen LogP contribution < -0.4 is 5.32 Å². The summed E-state index contributed by atoms with van der Waals surface area (Å²) in [7, 11) is 0. The lowest BCUT2D eigenvalue weighted by atomic mass is 9.76. The van der Waals surface area contributed by atoms with E-state index < -0.39 is 11.5 Å². The van der Waals surface area contributed by atoms with Gasteiger partial charge in [0, 0.05) is 5.56 Å². The zero-order chi connectivity index (χ0) is 24.5. The van der Waals surface area contributed by atoms with E-state index in [-0.39, 0.29) is 5.70 Å². The largest absolute Gasteiger partial charge is 0.491 e. The fourth-order valence-corrected chi connectivity index (χ4v) is 4.27. The molecule has 0 atom stereocenters. The van der Waals surface area contributed by atoms with Crippen LogP contribution in [0.3, 0.4) is 0 Å². The van der Waals surface area contributed by atoms with Gasteiger partial charge in [-0.1, -0.05) is 128 Å². The highest BCUT2D eigenvalue weighted by Gasteiger charge is 2.39. The number of carboxylic acid groups (broad SMARTS) is 1. The van der Waals surface area contributed by atoms with Crippen LogP contribution in [0.1, 0.15) is 35.6 Å². The second kappa shape index (κ2) is 11.2. The zero-order valence-electron chi connectivity index (χ0n) is 19.7. The minimum Gasteiger partial charge on any atom is -0.491 e. The van der Waals surface area contributed by atoms with E-state index in [2.05, 4.69) is 5.32 Å². The SMILES string of the molecule is CCCO/C(=C(/NC(c1ccccc1)(c1ccccc1)c1ccccc1)C(=O)O)c1ccccc1. The molecule has 35 heavy (non-hydrogen) atoms. The third-order valence-corrected chi connectivity index (χ3v) is 5.86. The average molecular weight is 464 g/mol. The van der Waals surface area contributed by atoms with E-state index in [1.54, 1.807) is 0 Å². The molecular weight excluding hydrogens is 434 g/mol. The number of benzene rings is 4. The third kappa shape index (κ3) is 5.12. The molecule has 0 fully saturated rings. The molecule has 0 heterocycles. The minimum atomic E-state index is -1.09. The molecule has 0 aliphatic carbocycles. The van der Waals surface area contributed by atoms with Crippen molar-refractivity contribution in [1.82, 2.24) is 5.32 Å². The number of hydrogen-bond donors (Lipinski definition) is 2. The molecule has 0 saturated heterocycles. The molecule has 0 aliphatic rings. The van der Waals surface area contributed by atoms with E-state index >= 15 is 0 Å². The molecule has 0 bridgehead atoms. The highest BCUT2D eigenvalue weighted by Crippen LogP contribution is 2.38. The van der Waals surface area contributed by atoms with Crippen molar-refractivity contribution in [2.24, 2.45) is 0 Å². The van der Waals surface area contributed by atoms with Gasteiger partial charge in [0.1, 0.15) is 5.54 Å². The van der Waals surface area contributed by atoms with Crippen LogP contribution in [0.4, 0.5) is 0 Å². The van der Waals surface area contributed by atoms with Crippen LogP contribution in [0.15, 0.2) is 127 Å². The van der Waals surface area contributed by atoms with Gasteiger partial charge in [-0.2, -0.15) is 0 Å². The number of carbonyl (C=O) groups is 1. The number of hydrogen-bond acceptors (Lipinski definition) is 3. The molecular formula is C31H29NO3. The first kappa shape index (κ1) is 23.8. The van der Waals surface area contributed by atoms with Gasteiger partial charge >= 0.3 is 5.97 Å². The van der Waals surface area contributed by atoms with Gasteiger partial charge in [-0.05, 0) is 23.1 Å². The van der Waals surface area contributed by atoms with Gasteiger partial charge < -0.3 is 15.2 Å².